The molecule has 0 aliphatic carbocycles. The van der Waals surface area contributed by atoms with Crippen LogP contribution in [0.2, 0.25) is 0 Å². The molecule has 0 aliphatic rings. The first-order valence-corrected chi connectivity index (χ1v) is 10.6. The van der Waals surface area contributed by atoms with Crippen molar-refractivity contribution in [2.45, 2.75) is 26.1 Å². The van der Waals surface area contributed by atoms with Crippen molar-refractivity contribution >= 4 is 17.3 Å². The van der Waals surface area contributed by atoms with Crippen molar-refractivity contribution in [1.29, 1.82) is 0 Å². The number of guanidine groups is 1. The molecule has 160 valence electrons. The van der Waals surface area contributed by atoms with Gasteiger partial charge in [0, 0.05) is 45.2 Å². The minimum Gasteiger partial charge on any atom is -0.492 e. The molecule has 1 aromatic heterocycles. The number of rotatable bonds is 10. The number of para-hydroxylation sites is 1. The maximum atomic E-state index is 5.95. The third-order valence-corrected chi connectivity index (χ3v) is 5.50. The Labute approximate surface area is 178 Å². The van der Waals surface area contributed by atoms with Gasteiger partial charge in [-0.05, 0) is 27.1 Å². The summed E-state index contributed by atoms with van der Waals surface area (Å²) >= 11 is 1.62. The molecule has 1 heterocycles. The molecule has 0 amide bonds. The molecule has 29 heavy (non-hydrogen) atoms. The van der Waals surface area contributed by atoms with E-state index >= 15 is 0 Å². The fraction of sp³-hybridized carbons (Fsp3) is 0.524. The average molecular weight is 420 g/mol. The van der Waals surface area contributed by atoms with Gasteiger partial charge in [0.05, 0.1) is 12.2 Å². The van der Waals surface area contributed by atoms with Gasteiger partial charge in [-0.3, -0.25) is 4.99 Å². The Morgan fingerprint density at radius 1 is 1.28 bits per heavy atom. The van der Waals surface area contributed by atoms with E-state index in [1.807, 2.05) is 46.3 Å². The molecule has 2 aromatic rings. The summed E-state index contributed by atoms with van der Waals surface area (Å²) in [7, 11) is 9.58. The maximum absolute atomic E-state index is 5.95. The number of aliphatic imine (C=N–C) groups is 1. The highest BCUT2D eigenvalue weighted by molar-refractivity contribution is 7.09. The zero-order chi connectivity index (χ0) is 21.2. The van der Waals surface area contributed by atoms with Crippen LogP contribution in [-0.4, -0.2) is 69.2 Å². The predicted molar refractivity (Wildman–Crippen MR) is 120 cm³/mol. The lowest BCUT2D eigenvalue weighted by atomic mass is 10.2. The SMILES string of the molecule is CN=C(NCc1ccccc1OCCN(C)C)N(C)Cc1csc(C(C)OC)n1. The summed E-state index contributed by atoms with van der Waals surface area (Å²) in [5.41, 5.74) is 2.11. The van der Waals surface area contributed by atoms with Gasteiger partial charge in [-0.2, -0.15) is 0 Å². The molecule has 2 rings (SSSR count). The first-order chi connectivity index (χ1) is 13.9. The number of methoxy groups -OCH3 is 1. The summed E-state index contributed by atoms with van der Waals surface area (Å²) in [5, 5.41) is 6.48. The third kappa shape index (κ3) is 7.30. The van der Waals surface area contributed by atoms with Gasteiger partial charge in [0.15, 0.2) is 5.96 Å². The Hall–Kier alpha value is -2.16. The molecule has 0 aliphatic heterocycles. The topological polar surface area (TPSA) is 62.2 Å². The highest BCUT2D eigenvalue weighted by atomic mass is 32.1. The van der Waals surface area contributed by atoms with Gasteiger partial charge in [0.1, 0.15) is 23.5 Å². The fourth-order valence-corrected chi connectivity index (χ4v) is 3.53. The molecule has 1 aromatic carbocycles. The van der Waals surface area contributed by atoms with Crippen molar-refractivity contribution in [2.24, 2.45) is 4.99 Å². The van der Waals surface area contributed by atoms with Gasteiger partial charge in [-0.1, -0.05) is 18.2 Å². The van der Waals surface area contributed by atoms with E-state index in [0.717, 1.165) is 34.5 Å². The van der Waals surface area contributed by atoms with Crippen molar-refractivity contribution in [3.05, 3.63) is 45.9 Å². The van der Waals surface area contributed by atoms with Crippen LogP contribution in [-0.2, 0) is 17.8 Å². The standard InChI is InChI=1S/C21H33N5O2S/c1-16(27-6)20-24-18(15-29-20)14-26(5)21(22-2)23-13-17-9-7-8-10-19(17)28-12-11-25(3)4/h7-10,15-16H,11-14H2,1-6H3,(H,22,23). The summed E-state index contributed by atoms with van der Waals surface area (Å²) < 4.78 is 11.3. The smallest absolute Gasteiger partial charge is 0.194 e. The molecule has 0 bridgehead atoms. The first-order valence-electron chi connectivity index (χ1n) is 9.69. The summed E-state index contributed by atoms with van der Waals surface area (Å²) in [6.07, 6.45) is 0.0143. The second kappa shape index (κ2) is 11.7. The molecule has 0 fully saturated rings. The molecule has 0 saturated heterocycles. The van der Waals surface area contributed by atoms with E-state index < -0.39 is 0 Å². The number of nitrogens with zero attached hydrogens (tertiary/aromatic N) is 4. The second-order valence-corrected chi connectivity index (χ2v) is 7.96. The monoisotopic (exact) mass is 419 g/mol. The molecule has 7 nitrogen and oxygen atoms in total. The van der Waals surface area contributed by atoms with Crippen LogP contribution in [0.25, 0.3) is 0 Å². The van der Waals surface area contributed by atoms with Crippen molar-refractivity contribution in [3.63, 3.8) is 0 Å². The molecule has 1 N–H and O–H groups in total. The molecule has 0 radical (unpaired) electrons. The van der Waals surface area contributed by atoms with Gasteiger partial charge in [-0.25, -0.2) is 4.98 Å². The van der Waals surface area contributed by atoms with Crippen molar-refractivity contribution < 1.29 is 9.47 Å². The minimum atomic E-state index is 0.0143. The average Bonchev–Trinajstić information content (AvgIpc) is 3.17. The number of aromatic nitrogens is 1. The molecule has 1 atom stereocenters. The molecular weight excluding hydrogens is 386 g/mol. The van der Waals surface area contributed by atoms with Crippen LogP contribution in [0.3, 0.4) is 0 Å². The molecule has 8 heteroatoms. The zero-order valence-corrected chi connectivity index (χ0v) is 19.1. The lowest BCUT2D eigenvalue weighted by molar-refractivity contribution is 0.119. The molecular formula is C21H33N5O2S. The summed E-state index contributed by atoms with van der Waals surface area (Å²) in [4.78, 5) is 13.2. The van der Waals surface area contributed by atoms with Crippen LogP contribution < -0.4 is 10.1 Å². The van der Waals surface area contributed by atoms with E-state index in [1.165, 1.54) is 0 Å². The van der Waals surface area contributed by atoms with E-state index in [9.17, 15) is 0 Å². The lowest BCUT2D eigenvalue weighted by Gasteiger charge is -2.22. The minimum absolute atomic E-state index is 0.0143. The maximum Gasteiger partial charge on any atom is 0.194 e. The van der Waals surface area contributed by atoms with E-state index in [2.05, 4.69) is 36.5 Å². The molecule has 0 spiro atoms. The fourth-order valence-electron chi connectivity index (χ4n) is 2.69. The van der Waals surface area contributed by atoms with Crippen molar-refractivity contribution in [1.82, 2.24) is 20.1 Å². The van der Waals surface area contributed by atoms with E-state index in [4.69, 9.17) is 9.47 Å². The van der Waals surface area contributed by atoms with Crippen molar-refractivity contribution in [3.8, 4) is 5.75 Å². The third-order valence-electron chi connectivity index (χ3n) is 4.45. The Morgan fingerprint density at radius 3 is 2.72 bits per heavy atom. The normalized spacial score (nSPS) is 12.9. The Bertz CT molecular complexity index is 778. The number of ether oxygens (including phenoxy) is 2. The van der Waals surface area contributed by atoms with Crippen LogP contribution >= 0.6 is 11.3 Å². The number of hydrogen-bond donors (Lipinski definition) is 1. The summed E-state index contributed by atoms with van der Waals surface area (Å²) in [6, 6.07) is 8.10. The van der Waals surface area contributed by atoms with E-state index in [-0.39, 0.29) is 6.10 Å². The number of hydrogen-bond acceptors (Lipinski definition) is 6. The Kier molecular flexibility index (Phi) is 9.37. The lowest BCUT2D eigenvalue weighted by Crippen LogP contribution is -2.38. The number of thiazole rings is 1. The van der Waals surface area contributed by atoms with Gasteiger partial charge in [0.25, 0.3) is 0 Å². The highest BCUT2D eigenvalue weighted by Gasteiger charge is 2.13. The largest absolute Gasteiger partial charge is 0.492 e. The van der Waals surface area contributed by atoms with Crippen LogP contribution in [0.1, 0.15) is 29.3 Å². The van der Waals surface area contributed by atoms with Crippen LogP contribution in [0.15, 0.2) is 34.6 Å². The van der Waals surface area contributed by atoms with Crippen molar-refractivity contribution in [2.75, 3.05) is 48.5 Å². The zero-order valence-electron chi connectivity index (χ0n) is 18.3. The predicted octanol–water partition coefficient (Wildman–Crippen LogP) is 3.00. The van der Waals surface area contributed by atoms with Gasteiger partial charge in [-0.15, -0.1) is 11.3 Å². The second-order valence-electron chi connectivity index (χ2n) is 7.07. The highest BCUT2D eigenvalue weighted by Crippen LogP contribution is 2.21. The van der Waals surface area contributed by atoms with Crippen LogP contribution in [0.4, 0.5) is 0 Å². The first kappa shape index (κ1) is 23.1. The quantitative estimate of drug-likeness (QED) is 0.472. The summed E-state index contributed by atoms with van der Waals surface area (Å²) in [5.74, 6) is 1.71. The molecule has 1 unspecified atom stereocenters. The summed E-state index contributed by atoms with van der Waals surface area (Å²) in [6.45, 7) is 4.85. The number of nitrogens with one attached hydrogen (secondary N) is 1. The van der Waals surface area contributed by atoms with E-state index in [1.54, 1.807) is 25.5 Å². The number of likely N-dealkylation sites (N-methyl/N-ethyl adjacent to an activating group) is 1. The van der Waals surface area contributed by atoms with Gasteiger partial charge < -0.3 is 24.6 Å². The number of benzene rings is 1. The Balaban J connectivity index is 1.94. The van der Waals surface area contributed by atoms with Gasteiger partial charge >= 0.3 is 0 Å². The van der Waals surface area contributed by atoms with E-state index in [0.29, 0.717) is 19.7 Å². The van der Waals surface area contributed by atoms with Gasteiger partial charge in [0.2, 0.25) is 0 Å². The van der Waals surface area contributed by atoms with Crippen LogP contribution in [0, 0.1) is 0 Å². The molecule has 0 saturated carbocycles. The Morgan fingerprint density at radius 2 is 2.03 bits per heavy atom. The van der Waals surface area contributed by atoms with Crippen LogP contribution in [0.5, 0.6) is 5.75 Å².